The highest BCUT2D eigenvalue weighted by molar-refractivity contribution is 9.10. The Morgan fingerprint density at radius 2 is 2.05 bits per heavy atom. The van der Waals surface area contributed by atoms with Crippen LogP contribution in [0.5, 0.6) is 0 Å². The van der Waals surface area contributed by atoms with E-state index in [0.29, 0.717) is 5.69 Å². The highest BCUT2D eigenvalue weighted by atomic mass is 79.9. The van der Waals surface area contributed by atoms with Crippen LogP contribution in [-0.4, -0.2) is 41.2 Å². The average molecular weight is 354 g/mol. The summed E-state index contributed by atoms with van der Waals surface area (Å²) in [5.41, 5.74) is -0.251. The summed E-state index contributed by atoms with van der Waals surface area (Å²) < 4.78 is 0.733. The molecule has 6 nitrogen and oxygen atoms in total. The van der Waals surface area contributed by atoms with Gasteiger partial charge in [0.1, 0.15) is 6.54 Å². The van der Waals surface area contributed by atoms with Gasteiger partial charge in [0.25, 0.3) is 0 Å². The first-order valence-electron chi connectivity index (χ1n) is 6.45. The zero-order valence-electron chi connectivity index (χ0n) is 11.8. The first kappa shape index (κ1) is 15.7. The molecule has 0 spiro atoms. The Hall–Kier alpha value is -1.73. The second-order valence-corrected chi connectivity index (χ2v) is 6.15. The molecule has 0 radical (unpaired) electrons. The fourth-order valence-corrected chi connectivity index (χ4v) is 2.36. The molecule has 0 saturated carbocycles. The van der Waals surface area contributed by atoms with Crippen LogP contribution in [0.4, 0.5) is 5.69 Å². The number of para-hydroxylation sites is 1. The smallest absolute Gasteiger partial charge is 0.249 e. The fraction of sp³-hybridized carbons (Fsp3) is 0.357. The molecule has 1 heterocycles. The predicted octanol–water partition coefficient (Wildman–Crippen LogP) is 1.12. The van der Waals surface area contributed by atoms with Gasteiger partial charge in [-0.15, -0.1) is 0 Å². The fourth-order valence-electron chi connectivity index (χ4n) is 1.97. The van der Waals surface area contributed by atoms with E-state index in [1.165, 1.54) is 0 Å². The molecular weight excluding hydrogens is 338 g/mol. The van der Waals surface area contributed by atoms with Crippen molar-refractivity contribution in [3.05, 3.63) is 28.7 Å². The number of rotatable bonds is 3. The molecule has 1 aliphatic rings. The summed E-state index contributed by atoms with van der Waals surface area (Å²) in [6.45, 7) is 3.12. The highest BCUT2D eigenvalue weighted by Crippen LogP contribution is 2.21. The Morgan fingerprint density at radius 1 is 1.38 bits per heavy atom. The van der Waals surface area contributed by atoms with Gasteiger partial charge >= 0.3 is 0 Å². The zero-order chi connectivity index (χ0) is 15.6. The molecule has 0 aromatic heterocycles. The number of anilines is 1. The van der Waals surface area contributed by atoms with Crippen LogP contribution in [0.15, 0.2) is 28.7 Å². The largest absolute Gasteiger partial charge is 0.324 e. The number of halogens is 1. The minimum atomic E-state index is -0.846. The molecule has 1 aromatic rings. The molecule has 2 rings (SSSR count). The summed E-state index contributed by atoms with van der Waals surface area (Å²) in [4.78, 5) is 37.0. The second kappa shape index (κ2) is 5.95. The summed E-state index contributed by atoms with van der Waals surface area (Å²) in [6, 6.07) is 7.13. The molecule has 0 atom stereocenters. The van der Waals surface area contributed by atoms with E-state index >= 15 is 0 Å². The molecule has 3 amide bonds. The lowest BCUT2D eigenvalue weighted by Gasteiger charge is -2.36. The van der Waals surface area contributed by atoms with E-state index in [1.807, 2.05) is 6.07 Å². The van der Waals surface area contributed by atoms with Crippen molar-refractivity contribution in [2.45, 2.75) is 19.4 Å². The minimum absolute atomic E-state index is 0.0427. The molecule has 0 bridgehead atoms. The van der Waals surface area contributed by atoms with Crippen LogP contribution in [0.25, 0.3) is 0 Å². The van der Waals surface area contributed by atoms with Gasteiger partial charge < -0.3 is 5.32 Å². The number of carbonyl (C=O) groups is 3. The van der Waals surface area contributed by atoms with Crippen molar-refractivity contribution in [2.75, 3.05) is 18.4 Å². The lowest BCUT2D eigenvalue weighted by atomic mass is 10.0. The van der Waals surface area contributed by atoms with Gasteiger partial charge in [-0.25, -0.2) is 0 Å². The summed E-state index contributed by atoms with van der Waals surface area (Å²) in [6.07, 6.45) is 0. The molecule has 1 aromatic carbocycles. The summed E-state index contributed by atoms with van der Waals surface area (Å²) in [7, 11) is 0. The zero-order valence-corrected chi connectivity index (χ0v) is 13.4. The standard InChI is InChI=1S/C14H16BrN3O3/c1-14(2)13(21)18(12(20)7-16-14)8-11(19)17-10-6-4-3-5-9(10)15/h3-6,16H,7-8H2,1-2H3,(H,17,19). The Labute approximate surface area is 131 Å². The number of carbonyl (C=O) groups excluding carboxylic acids is 3. The molecule has 1 aliphatic heterocycles. The third kappa shape index (κ3) is 3.48. The maximum absolute atomic E-state index is 12.2. The molecule has 112 valence electrons. The number of amides is 3. The van der Waals surface area contributed by atoms with Crippen molar-refractivity contribution >= 4 is 39.3 Å². The topological polar surface area (TPSA) is 78.5 Å². The Balaban J connectivity index is 2.06. The lowest BCUT2D eigenvalue weighted by Crippen LogP contribution is -2.64. The van der Waals surface area contributed by atoms with Crippen LogP contribution in [0.2, 0.25) is 0 Å². The monoisotopic (exact) mass is 353 g/mol. The molecule has 2 N–H and O–H groups in total. The van der Waals surface area contributed by atoms with Crippen molar-refractivity contribution in [2.24, 2.45) is 0 Å². The summed E-state index contributed by atoms with van der Waals surface area (Å²) in [5.74, 6) is -1.22. The normalized spacial score (nSPS) is 17.8. The minimum Gasteiger partial charge on any atom is -0.324 e. The van der Waals surface area contributed by atoms with Crippen LogP contribution in [0.3, 0.4) is 0 Å². The quantitative estimate of drug-likeness (QED) is 0.798. The lowest BCUT2D eigenvalue weighted by molar-refractivity contribution is -0.154. The number of nitrogens with one attached hydrogen (secondary N) is 2. The van der Waals surface area contributed by atoms with E-state index in [9.17, 15) is 14.4 Å². The van der Waals surface area contributed by atoms with Crippen LogP contribution in [-0.2, 0) is 14.4 Å². The van der Waals surface area contributed by atoms with Gasteiger partial charge in [0.15, 0.2) is 0 Å². The summed E-state index contributed by atoms with van der Waals surface area (Å²) in [5, 5.41) is 5.51. The molecule has 1 fully saturated rings. The third-order valence-corrected chi connectivity index (χ3v) is 3.90. The van der Waals surface area contributed by atoms with Crippen LogP contribution >= 0.6 is 15.9 Å². The van der Waals surface area contributed by atoms with E-state index in [4.69, 9.17) is 0 Å². The van der Waals surface area contributed by atoms with Crippen LogP contribution < -0.4 is 10.6 Å². The van der Waals surface area contributed by atoms with E-state index in [-0.39, 0.29) is 13.1 Å². The summed E-state index contributed by atoms with van der Waals surface area (Å²) >= 11 is 3.32. The van der Waals surface area contributed by atoms with Gasteiger partial charge in [-0.05, 0) is 41.9 Å². The van der Waals surface area contributed by atoms with Crippen molar-refractivity contribution in [1.29, 1.82) is 0 Å². The molecule has 0 aliphatic carbocycles. The van der Waals surface area contributed by atoms with Crippen molar-refractivity contribution in [3.8, 4) is 0 Å². The maximum atomic E-state index is 12.2. The number of nitrogens with zero attached hydrogens (tertiary/aromatic N) is 1. The van der Waals surface area contributed by atoms with E-state index in [1.54, 1.807) is 32.0 Å². The third-order valence-electron chi connectivity index (χ3n) is 3.21. The first-order chi connectivity index (χ1) is 9.81. The van der Waals surface area contributed by atoms with Gasteiger partial charge in [-0.2, -0.15) is 0 Å². The average Bonchev–Trinajstić information content (AvgIpc) is 2.42. The number of benzene rings is 1. The second-order valence-electron chi connectivity index (χ2n) is 5.29. The Kier molecular flexibility index (Phi) is 4.43. The van der Waals surface area contributed by atoms with Gasteiger partial charge in [-0.3, -0.25) is 24.6 Å². The molecule has 21 heavy (non-hydrogen) atoms. The van der Waals surface area contributed by atoms with Crippen molar-refractivity contribution in [3.63, 3.8) is 0 Å². The van der Waals surface area contributed by atoms with Crippen LogP contribution in [0, 0.1) is 0 Å². The molecule has 0 unspecified atom stereocenters. The van der Waals surface area contributed by atoms with Crippen molar-refractivity contribution in [1.82, 2.24) is 10.2 Å². The maximum Gasteiger partial charge on any atom is 0.249 e. The molecule has 1 saturated heterocycles. The molecule has 7 heteroatoms. The Bertz CT molecular complexity index is 601. The van der Waals surface area contributed by atoms with Crippen molar-refractivity contribution < 1.29 is 14.4 Å². The van der Waals surface area contributed by atoms with Gasteiger partial charge in [0.05, 0.1) is 17.8 Å². The van der Waals surface area contributed by atoms with E-state index in [0.717, 1.165) is 9.37 Å². The van der Waals surface area contributed by atoms with E-state index < -0.39 is 23.3 Å². The van der Waals surface area contributed by atoms with Crippen LogP contribution in [0.1, 0.15) is 13.8 Å². The van der Waals surface area contributed by atoms with Gasteiger partial charge in [0, 0.05) is 4.47 Å². The predicted molar refractivity (Wildman–Crippen MR) is 81.6 cm³/mol. The molecular formula is C14H16BrN3O3. The Morgan fingerprint density at radius 3 is 2.71 bits per heavy atom. The SMILES string of the molecule is CC1(C)NCC(=O)N(CC(=O)Nc2ccccc2Br)C1=O. The highest BCUT2D eigenvalue weighted by Gasteiger charge is 2.40. The number of imide groups is 1. The van der Waals surface area contributed by atoms with E-state index in [2.05, 4.69) is 26.6 Å². The number of hydrogen-bond donors (Lipinski definition) is 2. The van der Waals surface area contributed by atoms with Gasteiger partial charge in [0.2, 0.25) is 17.7 Å². The number of hydrogen-bond acceptors (Lipinski definition) is 4. The number of piperazine rings is 1. The first-order valence-corrected chi connectivity index (χ1v) is 7.25. The van der Waals surface area contributed by atoms with Gasteiger partial charge in [-0.1, -0.05) is 12.1 Å².